The molecule has 3 N–H and O–H groups in total. The predicted octanol–water partition coefficient (Wildman–Crippen LogP) is -0.0250. The van der Waals surface area contributed by atoms with Crippen molar-refractivity contribution in [2.45, 2.75) is 13.8 Å². The summed E-state index contributed by atoms with van der Waals surface area (Å²) in [5.41, 5.74) is 4.50. The van der Waals surface area contributed by atoms with Gasteiger partial charge in [-0.05, 0) is 13.8 Å². The van der Waals surface area contributed by atoms with Crippen molar-refractivity contribution < 1.29 is 19.1 Å². The maximum absolute atomic E-state index is 11.0. The Labute approximate surface area is 87.5 Å². The Morgan fingerprint density at radius 1 is 1.20 bits per heavy atom. The number of carbonyl (C=O) groups excluding carboxylic acids is 2. The lowest BCUT2D eigenvalue weighted by molar-refractivity contribution is -0.138. The van der Waals surface area contributed by atoms with Gasteiger partial charge in [0.2, 0.25) is 0 Å². The zero-order valence-electron chi connectivity index (χ0n) is 8.70. The van der Waals surface area contributed by atoms with E-state index in [-0.39, 0.29) is 18.9 Å². The molecule has 0 bridgehead atoms. The van der Waals surface area contributed by atoms with E-state index in [0.29, 0.717) is 0 Å². The van der Waals surface area contributed by atoms with Crippen LogP contribution in [0.4, 0.5) is 0 Å². The van der Waals surface area contributed by atoms with Crippen LogP contribution in [0.25, 0.3) is 0 Å². The summed E-state index contributed by atoms with van der Waals surface area (Å²) in [7, 11) is 0. The van der Waals surface area contributed by atoms with Gasteiger partial charge in [-0.25, -0.2) is 9.59 Å². The number of ether oxygens (including phenoxy) is 2. The fourth-order valence-electron chi connectivity index (χ4n) is 0.697. The van der Waals surface area contributed by atoms with Crippen LogP contribution >= 0.6 is 0 Å². The molecule has 15 heavy (non-hydrogen) atoms. The Balaban J connectivity index is 4.41. The van der Waals surface area contributed by atoms with Crippen molar-refractivity contribution in [2.24, 2.45) is 5.73 Å². The first-order valence-electron chi connectivity index (χ1n) is 4.42. The van der Waals surface area contributed by atoms with Crippen LogP contribution in [0.1, 0.15) is 13.8 Å². The summed E-state index contributed by atoms with van der Waals surface area (Å²) < 4.78 is 9.09. The van der Waals surface area contributed by atoms with E-state index in [1.807, 2.05) is 0 Å². The smallest absolute Gasteiger partial charge is 0.356 e. The lowest BCUT2D eigenvalue weighted by Gasteiger charge is -2.02. The van der Waals surface area contributed by atoms with Crippen molar-refractivity contribution in [1.82, 2.24) is 0 Å². The van der Waals surface area contributed by atoms with E-state index < -0.39 is 17.7 Å². The van der Waals surface area contributed by atoms with E-state index in [4.69, 9.17) is 11.1 Å². The summed E-state index contributed by atoms with van der Waals surface area (Å²) in [6, 6.07) is 0. The van der Waals surface area contributed by atoms with Gasteiger partial charge in [-0.3, -0.25) is 5.41 Å². The summed E-state index contributed by atoms with van der Waals surface area (Å²) in [6.07, 6.45) is 0.913. The third-order valence-corrected chi connectivity index (χ3v) is 1.31. The van der Waals surface area contributed by atoms with Gasteiger partial charge in [0.15, 0.2) is 0 Å². The molecule has 0 saturated heterocycles. The van der Waals surface area contributed by atoms with Crippen LogP contribution in [0.5, 0.6) is 0 Å². The molecule has 0 rings (SSSR count). The van der Waals surface area contributed by atoms with E-state index in [9.17, 15) is 9.59 Å². The second-order valence-electron chi connectivity index (χ2n) is 2.45. The van der Waals surface area contributed by atoms with E-state index in [1.54, 1.807) is 13.8 Å². The van der Waals surface area contributed by atoms with Crippen molar-refractivity contribution in [3.05, 3.63) is 11.8 Å². The molecule has 0 heterocycles. The number of nitrogens with two attached hydrogens (primary N) is 1. The van der Waals surface area contributed by atoms with Crippen molar-refractivity contribution in [1.29, 1.82) is 5.41 Å². The molecule has 0 aromatic rings. The predicted molar refractivity (Wildman–Crippen MR) is 53.3 cm³/mol. The molecule has 0 aliphatic carbocycles. The van der Waals surface area contributed by atoms with Gasteiger partial charge >= 0.3 is 11.9 Å². The average Bonchev–Trinajstić information content (AvgIpc) is 2.18. The van der Waals surface area contributed by atoms with Gasteiger partial charge in [-0.1, -0.05) is 0 Å². The van der Waals surface area contributed by atoms with Crippen LogP contribution in [0, 0.1) is 5.41 Å². The molecule has 0 atom stereocenters. The number of esters is 2. The molecule has 0 fully saturated rings. The fraction of sp³-hybridized carbons (Fsp3) is 0.444. The molecule has 0 aliphatic rings. The van der Waals surface area contributed by atoms with Crippen LogP contribution in [-0.2, 0) is 19.1 Å². The minimum Gasteiger partial charge on any atom is -0.461 e. The molecule has 0 amide bonds. The number of hydrogen-bond acceptors (Lipinski definition) is 6. The first kappa shape index (κ1) is 13.2. The second kappa shape index (κ2) is 6.58. The van der Waals surface area contributed by atoms with Crippen LogP contribution in [-0.4, -0.2) is 30.9 Å². The summed E-state index contributed by atoms with van der Waals surface area (Å²) in [4.78, 5) is 22.0. The molecule has 6 nitrogen and oxygen atoms in total. The Morgan fingerprint density at radius 2 is 1.67 bits per heavy atom. The summed E-state index contributed by atoms with van der Waals surface area (Å²) >= 11 is 0. The Bertz CT molecular complexity index is 296. The van der Waals surface area contributed by atoms with E-state index in [2.05, 4.69) is 9.47 Å². The lowest BCUT2D eigenvalue weighted by Crippen LogP contribution is -2.20. The number of hydrogen-bond donors (Lipinski definition) is 2. The number of carbonyl (C=O) groups is 2. The van der Waals surface area contributed by atoms with Crippen molar-refractivity contribution in [3.63, 3.8) is 0 Å². The SMILES string of the molecule is CCOC(=O)C(=N)/C=C(\N)C(=O)OCC. The van der Waals surface area contributed by atoms with E-state index in [0.717, 1.165) is 6.08 Å². The van der Waals surface area contributed by atoms with Crippen molar-refractivity contribution >= 4 is 17.7 Å². The summed E-state index contributed by atoms with van der Waals surface area (Å²) in [5.74, 6) is -1.59. The van der Waals surface area contributed by atoms with Gasteiger partial charge in [0.05, 0.1) is 13.2 Å². The summed E-state index contributed by atoms with van der Waals surface area (Å²) in [6.45, 7) is 3.58. The zero-order chi connectivity index (χ0) is 11.8. The van der Waals surface area contributed by atoms with Gasteiger partial charge < -0.3 is 15.2 Å². The molecule has 0 spiro atoms. The topological polar surface area (TPSA) is 102 Å². The quantitative estimate of drug-likeness (QED) is 0.380. The van der Waals surface area contributed by atoms with Gasteiger partial charge in [-0.2, -0.15) is 0 Å². The fourth-order valence-corrected chi connectivity index (χ4v) is 0.697. The molecule has 0 saturated carbocycles. The average molecular weight is 214 g/mol. The Hall–Kier alpha value is -1.85. The standard InChI is InChI=1S/C9H14N2O4/c1-3-14-8(12)6(10)5-7(11)9(13)15-4-2/h5,10H,3-4,11H2,1-2H3/b7-5-,10-6?. The zero-order valence-corrected chi connectivity index (χ0v) is 8.70. The van der Waals surface area contributed by atoms with Gasteiger partial charge in [0.25, 0.3) is 0 Å². The molecule has 84 valence electrons. The lowest BCUT2D eigenvalue weighted by atomic mass is 10.3. The van der Waals surface area contributed by atoms with Crippen LogP contribution in [0.2, 0.25) is 0 Å². The molecule has 0 aromatic heterocycles. The van der Waals surface area contributed by atoms with Crippen LogP contribution in [0.3, 0.4) is 0 Å². The first-order chi connectivity index (χ1) is 7.02. The minimum atomic E-state index is -0.829. The van der Waals surface area contributed by atoms with Crippen LogP contribution < -0.4 is 5.73 Å². The third-order valence-electron chi connectivity index (χ3n) is 1.31. The number of rotatable bonds is 5. The maximum Gasteiger partial charge on any atom is 0.356 e. The van der Waals surface area contributed by atoms with Crippen LogP contribution in [0.15, 0.2) is 11.8 Å². The van der Waals surface area contributed by atoms with E-state index >= 15 is 0 Å². The molecule has 0 aromatic carbocycles. The maximum atomic E-state index is 11.0. The molecule has 0 aliphatic heterocycles. The molecule has 0 radical (unpaired) electrons. The minimum absolute atomic E-state index is 0.161. The Kier molecular flexibility index (Phi) is 5.77. The molecule has 6 heteroatoms. The normalized spacial score (nSPS) is 10.7. The monoisotopic (exact) mass is 214 g/mol. The van der Waals surface area contributed by atoms with Crippen molar-refractivity contribution in [3.8, 4) is 0 Å². The van der Waals surface area contributed by atoms with Gasteiger partial charge in [-0.15, -0.1) is 0 Å². The molecular weight excluding hydrogens is 200 g/mol. The largest absolute Gasteiger partial charge is 0.461 e. The highest BCUT2D eigenvalue weighted by Crippen LogP contribution is 1.92. The molecular formula is C9H14N2O4. The van der Waals surface area contributed by atoms with Gasteiger partial charge in [0.1, 0.15) is 11.4 Å². The Morgan fingerprint density at radius 3 is 2.13 bits per heavy atom. The molecule has 0 unspecified atom stereocenters. The highest BCUT2D eigenvalue weighted by molar-refractivity contribution is 6.40. The second-order valence-corrected chi connectivity index (χ2v) is 2.45. The van der Waals surface area contributed by atoms with E-state index in [1.165, 1.54) is 0 Å². The third kappa shape index (κ3) is 4.80. The highest BCUT2D eigenvalue weighted by Gasteiger charge is 2.12. The highest BCUT2D eigenvalue weighted by atomic mass is 16.5. The first-order valence-corrected chi connectivity index (χ1v) is 4.42. The number of nitrogens with one attached hydrogen (secondary N) is 1. The van der Waals surface area contributed by atoms with Gasteiger partial charge in [0, 0.05) is 6.08 Å². The van der Waals surface area contributed by atoms with Crippen molar-refractivity contribution in [2.75, 3.05) is 13.2 Å². The summed E-state index contributed by atoms with van der Waals surface area (Å²) in [5, 5.41) is 7.22.